The van der Waals surface area contributed by atoms with Gasteiger partial charge in [-0.2, -0.15) is 0 Å². The molecule has 1 aliphatic heterocycles. The third-order valence-electron chi connectivity index (χ3n) is 3.47. The maximum absolute atomic E-state index is 4.09. The van der Waals surface area contributed by atoms with Crippen molar-refractivity contribution in [3.63, 3.8) is 0 Å². The minimum Gasteiger partial charge on any atom is -0.359 e. The molecule has 2 N–H and O–H groups in total. The number of nitrogens with zero attached hydrogens (tertiary/aromatic N) is 3. The molecule has 1 aliphatic rings. The van der Waals surface area contributed by atoms with Crippen molar-refractivity contribution in [2.24, 2.45) is 4.99 Å². The quantitative estimate of drug-likeness (QED) is 0.429. The number of nitrogens with one attached hydrogen (secondary N) is 2. The number of hydrogen-bond acceptors (Lipinski definition) is 3. The molecule has 0 saturated carbocycles. The smallest absolute Gasteiger partial charge is 0.190 e. The predicted molar refractivity (Wildman–Crippen MR) is 89.0 cm³/mol. The van der Waals surface area contributed by atoms with Crippen LogP contribution in [0.5, 0.6) is 0 Å². The second-order valence-corrected chi connectivity index (χ2v) is 4.79. The summed E-state index contributed by atoms with van der Waals surface area (Å²) in [7, 11) is 8.04. The Kier molecular flexibility index (Phi) is 9.76. The summed E-state index contributed by atoms with van der Waals surface area (Å²) in [6.07, 6.45) is 2.57. The van der Waals surface area contributed by atoms with E-state index in [0.717, 1.165) is 25.1 Å². The molecule has 0 spiro atoms. The van der Waals surface area contributed by atoms with Crippen LogP contribution in [-0.4, -0.2) is 76.2 Å². The number of piperidine rings is 1. The molecule has 1 heterocycles. The largest absolute Gasteiger partial charge is 0.359 e. The molecular weight excluding hydrogens is 341 g/mol. The van der Waals surface area contributed by atoms with Gasteiger partial charge in [0.2, 0.25) is 0 Å². The van der Waals surface area contributed by atoms with Crippen LogP contribution in [-0.2, 0) is 0 Å². The highest BCUT2D eigenvalue weighted by Gasteiger charge is 2.19. The fourth-order valence-electron chi connectivity index (χ4n) is 2.27. The average molecular weight is 369 g/mol. The van der Waals surface area contributed by atoms with Gasteiger partial charge in [-0.05, 0) is 40.0 Å². The van der Waals surface area contributed by atoms with E-state index in [1.807, 2.05) is 7.05 Å². The van der Waals surface area contributed by atoms with Crippen molar-refractivity contribution in [1.29, 1.82) is 0 Å². The lowest BCUT2D eigenvalue weighted by atomic mass is 10.0. The number of halogens is 1. The molecule has 1 fully saturated rings. The first-order valence-corrected chi connectivity index (χ1v) is 6.44. The second-order valence-electron chi connectivity index (χ2n) is 4.79. The van der Waals surface area contributed by atoms with Crippen LogP contribution < -0.4 is 10.6 Å². The van der Waals surface area contributed by atoms with Crippen LogP contribution >= 0.6 is 24.0 Å². The van der Waals surface area contributed by atoms with Crippen molar-refractivity contribution in [2.75, 3.05) is 54.4 Å². The van der Waals surface area contributed by atoms with Crippen molar-refractivity contribution in [2.45, 2.75) is 18.9 Å². The summed E-state index contributed by atoms with van der Waals surface area (Å²) in [5, 5.41) is 6.31. The van der Waals surface area contributed by atoms with Crippen molar-refractivity contribution in [3.05, 3.63) is 0 Å². The first-order chi connectivity index (χ1) is 8.17. The van der Waals surface area contributed by atoms with E-state index in [1.54, 1.807) is 7.05 Å². The molecule has 0 aromatic carbocycles. The summed E-state index contributed by atoms with van der Waals surface area (Å²) in [4.78, 5) is 8.96. The molecule has 0 aromatic heterocycles. The minimum absolute atomic E-state index is 0. The number of rotatable bonds is 4. The number of hydrogen-bond donors (Lipinski definition) is 2. The second kappa shape index (κ2) is 9.80. The van der Waals surface area contributed by atoms with Gasteiger partial charge in [-0.25, -0.2) is 0 Å². The SMILES string of the molecule is CN=C(NC)NCCN1CCC(N(C)C)CC1.I. The van der Waals surface area contributed by atoms with E-state index >= 15 is 0 Å². The maximum atomic E-state index is 4.09. The van der Waals surface area contributed by atoms with Crippen LogP contribution in [0, 0.1) is 0 Å². The number of guanidine groups is 1. The fraction of sp³-hybridized carbons (Fsp3) is 0.917. The molecule has 0 unspecified atom stereocenters. The molecule has 0 aromatic rings. The first-order valence-electron chi connectivity index (χ1n) is 6.44. The van der Waals surface area contributed by atoms with Crippen molar-refractivity contribution in [1.82, 2.24) is 20.4 Å². The molecule has 108 valence electrons. The minimum atomic E-state index is 0. The molecule has 0 amide bonds. The van der Waals surface area contributed by atoms with Gasteiger partial charge in [0.1, 0.15) is 0 Å². The number of aliphatic imine (C=N–C) groups is 1. The Morgan fingerprint density at radius 3 is 2.39 bits per heavy atom. The molecule has 5 nitrogen and oxygen atoms in total. The zero-order chi connectivity index (χ0) is 12.7. The Hall–Kier alpha value is -0.0800. The van der Waals surface area contributed by atoms with Gasteiger partial charge in [0.15, 0.2) is 5.96 Å². The van der Waals surface area contributed by atoms with Crippen LogP contribution in [0.3, 0.4) is 0 Å². The molecule has 1 saturated heterocycles. The topological polar surface area (TPSA) is 42.9 Å². The van der Waals surface area contributed by atoms with E-state index in [2.05, 4.69) is 39.5 Å². The van der Waals surface area contributed by atoms with E-state index in [1.165, 1.54) is 25.9 Å². The highest BCUT2D eigenvalue weighted by Crippen LogP contribution is 2.13. The molecule has 18 heavy (non-hydrogen) atoms. The summed E-state index contributed by atoms with van der Waals surface area (Å²) in [6, 6.07) is 0.768. The Morgan fingerprint density at radius 2 is 1.94 bits per heavy atom. The zero-order valence-electron chi connectivity index (χ0n) is 12.1. The Morgan fingerprint density at radius 1 is 1.33 bits per heavy atom. The van der Waals surface area contributed by atoms with Gasteiger partial charge in [0, 0.05) is 33.2 Å². The first kappa shape index (κ1) is 17.9. The zero-order valence-corrected chi connectivity index (χ0v) is 14.4. The highest BCUT2D eigenvalue weighted by atomic mass is 127. The van der Waals surface area contributed by atoms with Gasteiger partial charge in [0.25, 0.3) is 0 Å². The summed E-state index contributed by atoms with van der Waals surface area (Å²) >= 11 is 0. The van der Waals surface area contributed by atoms with E-state index in [9.17, 15) is 0 Å². The van der Waals surface area contributed by atoms with E-state index in [0.29, 0.717) is 0 Å². The molecule has 0 atom stereocenters. The van der Waals surface area contributed by atoms with Crippen LogP contribution in [0.15, 0.2) is 4.99 Å². The Balaban J connectivity index is 0.00000289. The normalized spacial score (nSPS) is 18.6. The molecule has 0 radical (unpaired) electrons. The molecular formula is C12H28IN5. The third-order valence-corrected chi connectivity index (χ3v) is 3.47. The van der Waals surface area contributed by atoms with Crippen LogP contribution in [0.2, 0.25) is 0 Å². The highest BCUT2D eigenvalue weighted by molar-refractivity contribution is 14.0. The van der Waals surface area contributed by atoms with Crippen molar-refractivity contribution >= 4 is 29.9 Å². The molecule has 0 bridgehead atoms. The van der Waals surface area contributed by atoms with E-state index < -0.39 is 0 Å². The lowest BCUT2D eigenvalue weighted by Crippen LogP contribution is -2.45. The maximum Gasteiger partial charge on any atom is 0.190 e. The van der Waals surface area contributed by atoms with Crippen LogP contribution in [0.4, 0.5) is 0 Å². The van der Waals surface area contributed by atoms with Gasteiger partial charge >= 0.3 is 0 Å². The molecule has 1 rings (SSSR count). The molecule has 6 heteroatoms. The average Bonchev–Trinajstić information content (AvgIpc) is 2.35. The van der Waals surface area contributed by atoms with E-state index in [4.69, 9.17) is 0 Å². The Bertz CT molecular complexity index is 237. The standard InChI is InChI=1S/C12H27N5.HI/c1-13-12(14-2)15-7-10-17-8-5-11(6-9-17)16(3)4;/h11H,5-10H2,1-4H3,(H2,13,14,15);1H. The molecule has 0 aliphatic carbocycles. The lowest BCUT2D eigenvalue weighted by molar-refractivity contribution is 0.146. The van der Waals surface area contributed by atoms with Gasteiger partial charge in [-0.1, -0.05) is 0 Å². The lowest BCUT2D eigenvalue weighted by Gasteiger charge is -2.35. The van der Waals surface area contributed by atoms with Crippen molar-refractivity contribution < 1.29 is 0 Å². The Labute approximate surface area is 128 Å². The third kappa shape index (κ3) is 6.19. The van der Waals surface area contributed by atoms with Gasteiger partial charge in [-0.3, -0.25) is 4.99 Å². The summed E-state index contributed by atoms with van der Waals surface area (Å²) < 4.78 is 0. The van der Waals surface area contributed by atoms with Crippen LogP contribution in [0.1, 0.15) is 12.8 Å². The summed E-state index contributed by atoms with van der Waals surface area (Å²) in [5.74, 6) is 0.869. The predicted octanol–water partition coefficient (Wildman–Crippen LogP) is 0.425. The summed E-state index contributed by atoms with van der Waals surface area (Å²) in [5.41, 5.74) is 0. The summed E-state index contributed by atoms with van der Waals surface area (Å²) in [6.45, 7) is 4.48. The van der Waals surface area contributed by atoms with Gasteiger partial charge in [-0.15, -0.1) is 24.0 Å². The van der Waals surface area contributed by atoms with Gasteiger partial charge in [0.05, 0.1) is 0 Å². The van der Waals surface area contributed by atoms with Gasteiger partial charge < -0.3 is 20.4 Å². The fourth-order valence-corrected chi connectivity index (χ4v) is 2.27. The number of likely N-dealkylation sites (tertiary alicyclic amines) is 1. The van der Waals surface area contributed by atoms with Crippen molar-refractivity contribution in [3.8, 4) is 0 Å². The van der Waals surface area contributed by atoms with E-state index in [-0.39, 0.29) is 24.0 Å². The van der Waals surface area contributed by atoms with Crippen LogP contribution in [0.25, 0.3) is 0 Å². The monoisotopic (exact) mass is 369 g/mol.